The number of halogens is 1. The Hall–Kier alpha value is -0.700. The molecule has 1 fully saturated rings. The Balaban J connectivity index is 2.12. The molecule has 1 aromatic rings. The van der Waals surface area contributed by atoms with E-state index in [9.17, 15) is 8.42 Å². The summed E-state index contributed by atoms with van der Waals surface area (Å²) in [5.41, 5.74) is 0.922. The van der Waals surface area contributed by atoms with Gasteiger partial charge in [0.25, 0.3) is 0 Å². The molecule has 23 heavy (non-hydrogen) atoms. The van der Waals surface area contributed by atoms with E-state index < -0.39 is 10.0 Å². The average Bonchev–Trinajstić information content (AvgIpc) is 2.56. The Morgan fingerprint density at radius 1 is 1.35 bits per heavy atom. The van der Waals surface area contributed by atoms with Gasteiger partial charge in [-0.05, 0) is 11.6 Å². The van der Waals surface area contributed by atoms with Crippen molar-refractivity contribution in [2.24, 2.45) is 0 Å². The number of nitrogens with zero attached hydrogens (tertiary/aromatic N) is 1. The SMILES string of the molecule is COCCS(=O)(=O)NC[C@H](c1ccccc1Cl)N1CCOCC1. The van der Waals surface area contributed by atoms with Crippen molar-refractivity contribution in [2.75, 3.05) is 52.3 Å². The average molecular weight is 363 g/mol. The molecule has 0 amide bonds. The fourth-order valence-corrected chi connectivity index (χ4v) is 3.75. The summed E-state index contributed by atoms with van der Waals surface area (Å²) in [5.74, 6) is -0.0537. The first-order chi connectivity index (χ1) is 11.0. The van der Waals surface area contributed by atoms with Crippen LogP contribution in [0.2, 0.25) is 5.02 Å². The van der Waals surface area contributed by atoms with Gasteiger partial charge in [0.05, 0.1) is 25.6 Å². The predicted molar refractivity (Wildman–Crippen MR) is 90.3 cm³/mol. The zero-order valence-electron chi connectivity index (χ0n) is 13.2. The Morgan fingerprint density at radius 2 is 2.04 bits per heavy atom. The van der Waals surface area contributed by atoms with Crippen LogP contribution in [0.1, 0.15) is 11.6 Å². The van der Waals surface area contributed by atoms with E-state index in [0.717, 1.165) is 18.7 Å². The van der Waals surface area contributed by atoms with Crippen LogP contribution in [-0.2, 0) is 19.5 Å². The minimum Gasteiger partial charge on any atom is -0.384 e. The molecule has 0 bridgehead atoms. The highest BCUT2D eigenvalue weighted by Gasteiger charge is 2.25. The highest BCUT2D eigenvalue weighted by Crippen LogP contribution is 2.27. The number of hydrogen-bond acceptors (Lipinski definition) is 5. The van der Waals surface area contributed by atoms with Gasteiger partial charge in [0.15, 0.2) is 0 Å². The predicted octanol–water partition coefficient (Wildman–Crippen LogP) is 1.28. The third kappa shape index (κ3) is 5.70. The summed E-state index contributed by atoms with van der Waals surface area (Å²) in [5, 5.41) is 0.639. The molecule has 0 saturated carbocycles. The van der Waals surface area contributed by atoms with Crippen LogP contribution in [0, 0.1) is 0 Å². The standard InChI is InChI=1S/C15H23ClN2O4S/c1-21-10-11-23(19,20)17-12-15(18-6-8-22-9-7-18)13-4-2-3-5-14(13)16/h2-5,15,17H,6-12H2,1H3/t15-/m1/s1. The number of nitrogens with one attached hydrogen (secondary N) is 1. The molecule has 2 rings (SSSR count). The highest BCUT2D eigenvalue weighted by atomic mass is 35.5. The summed E-state index contributed by atoms with van der Waals surface area (Å²) in [4.78, 5) is 2.20. The van der Waals surface area contributed by atoms with Crippen molar-refractivity contribution in [1.82, 2.24) is 9.62 Å². The van der Waals surface area contributed by atoms with E-state index in [4.69, 9.17) is 21.1 Å². The summed E-state index contributed by atoms with van der Waals surface area (Å²) >= 11 is 6.32. The fourth-order valence-electron chi connectivity index (χ4n) is 2.54. The normalized spacial score (nSPS) is 18.0. The van der Waals surface area contributed by atoms with Gasteiger partial charge < -0.3 is 9.47 Å². The third-order valence-corrected chi connectivity index (χ3v) is 5.46. The van der Waals surface area contributed by atoms with Crippen LogP contribution in [0.5, 0.6) is 0 Å². The number of methoxy groups -OCH3 is 1. The number of hydrogen-bond donors (Lipinski definition) is 1. The number of ether oxygens (including phenoxy) is 2. The lowest BCUT2D eigenvalue weighted by Gasteiger charge is -2.35. The van der Waals surface area contributed by atoms with E-state index in [0.29, 0.717) is 18.2 Å². The minimum atomic E-state index is -3.37. The zero-order valence-corrected chi connectivity index (χ0v) is 14.8. The fraction of sp³-hybridized carbons (Fsp3) is 0.600. The molecular formula is C15H23ClN2O4S. The van der Waals surface area contributed by atoms with Gasteiger partial charge >= 0.3 is 0 Å². The lowest BCUT2D eigenvalue weighted by atomic mass is 10.0. The van der Waals surface area contributed by atoms with Crippen molar-refractivity contribution >= 4 is 21.6 Å². The van der Waals surface area contributed by atoms with Crippen LogP contribution in [-0.4, -0.2) is 65.6 Å². The quantitative estimate of drug-likeness (QED) is 0.754. The maximum absolute atomic E-state index is 12.0. The number of morpholine rings is 1. The van der Waals surface area contributed by atoms with Crippen LogP contribution in [0.3, 0.4) is 0 Å². The lowest BCUT2D eigenvalue weighted by molar-refractivity contribution is 0.0172. The van der Waals surface area contributed by atoms with Crippen LogP contribution in [0.15, 0.2) is 24.3 Å². The molecule has 6 nitrogen and oxygen atoms in total. The van der Waals surface area contributed by atoms with Gasteiger partial charge in [-0.3, -0.25) is 4.90 Å². The van der Waals surface area contributed by atoms with Gasteiger partial charge in [-0.25, -0.2) is 13.1 Å². The van der Waals surface area contributed by atoms with Crippen LogP contribution < -0.4 is 4.72 Å². The maximum Gasteiger partial charge on any atom is 0.213 e. The van der Waals surface area contributed by atoms with Crippen molar-refractivity contribution in [2.45, 2.75) is 6.04 Å². The van der Waals surface area contributed by atoms with Gasteiger partial charge in [0.2, 0.25) is 10.0 Å². The van der Waals surface area contributed by atoms with Crippen LogP contribution in [0.25, 0.3) is 0 Å². The Labute approximate surface area is 142 Å². The summed E-state index contributed by atoms with van der Waals surface area (Å²) in [6.45, 7) is 3.21. The largest absolute Gasteiger partial charge is 0.384 e. The number of benzene rings is 1. The van der Waals surface area contributed by atoms with Crippen molar-refractivity contribution < 1.29 is 17.9 Å². The van der Waals surface area contributed by atoms with E-state index in [1.807, 2.05) is 24.3 Å². The molecule has 1 aliphatic rings. The monoisotopic (exact) mass is 362 g/mol. The first-order valence-corrected chi connectivity index (χ1v) is 9.59. The summed E-state index contributed by atoms with van der Waals surface area (Å²) < 4.78 is 36.9. The molecule has 0 unspecified atom stereocenters. The molecule has 1 heterocycles. The van der Waals surface area contributed by atoms with E-state index in [1.54, 1.807) is 0 Å². The lowest BCUT2D eigenvalue weighted by Crippen LogP contribution is -2.44. The van der Waals surface area contributed by atoms with Gasteiger partial charge in [-0.2, -0.15) is 0 Å². The molecule has 0 spiro atoms. The summed E-state index contributed by atoms with van der Waals surface area (Å²) in [7, 11) is -1.89. The summed E-state index contributed by atoms with van der Waals surface area (Å²) in [6.07, 6.45) is 0. The van der Waals surface area contributed by atoms with Gasteiger partial charge in [-0.15, -0.1) is 0 Å². The van der Waals surface area contributed by atoms with Crippen molar-refractivity contribution in [3.05, 3.63) is 34.9 Å². The van der Waals surface area contributed by atoms with E-state index >= 15 is 0 Å². The molecule has 1 atom stereocenters. The highest BCUT2D eigenvalue weighted by molar-refractivity contribution is 7.89. The molecule has 0 aliphatic carbocycles. The topological polar surface area (TPSA) is 67.9 Å². The molecular weight excluding hydrogens is 340 g/mol. The number of rotatable bonds is 8. The molecule has 1 saturated heterocycles. The Kier molecular flexibility index (Phi) is 7.26. The second kappa shape index (κ2) is 8.96. The second-order valence-corrected chi connectivity index (χ2v) is 7.68. The maximum atomic E-state index is 12.0. The summed E-state index contributed by atoms with van der Waals surface area (Å²) in [6, 6.07) is 7.42. The van der Waals surface area contributed by atoms with E-state index in [2.05, 4.69) is 9.62 Å². The molecule has 0 aromatic heterocycles. The second-order valence-electron chi connectivity index (χ2n) is 5.35. The molecule has 1 aromatic carbocycles. The van der Waals surface area contributed by atoms with Gasteiger partial charge in [0, 0.05) is 37.8 Å². The molecule has 1 aliphatic heterocycles. The van der Waals surface area contributed by atoms with Gasteiger partial charge in [-0.1, -0.05) is 29.8 Å². The third-order valence-electron chi connectivity index (χ3n) is 3.80. The van der Waals surface area contributed by atoms with Crippen LogP contribution in [0.4, 0.5) is 0 Å². The first kappa shape index (κ1) is 18.6. The van der Waals surface area contributed by atoms with Crippen LogP contribution >= 0.6 is 11.6 Å². The molecule has 8 heteroatoms. The van der Waals surface area contributed by atoms with Gasteiger partial charge in [0.1, 0.15) is 0 Å². The number of sulfonamides is 1. The van der Waals surface area contributed by atoms with Crippen molar-refractivity contribution in [3.8, 4) is 0 Å². The van der Waals surface area contributed by atoms with Crippen molar-refractivity contribution in [3.63, 3.8) is 0 Å². The molecule has 1 N–H and O–H groups in total. The first-order valence-electron chi connectivity index (χ1n) is 7.56. The minimum absolute atomic E-state index is 0.0537. The molecule has 0 radical (unpaired) electrons. The zero-order chi connectivity index (χ0) is 16.7. The Morgan fingerprint density at radius 3 is 2.70 bits per heavy atom. The van der Waals surface area contributed by atoms with E-state index in [-0.39, 0.29) is 24.9 Å². The molecule has 130 valence electrons. The van der Waals surface area contributed by atoms with E-state index in [1.165, 1.54) is 7.11 Å². The smallest absolute Gasteiger partial charge is 0.213 e. The van der Waals surface area contributed by atoms with Crippen molar-refractivity contribution in [1.29, 1.82) is 0 Å². The Bertz CT molecular complexity index is 591.